The van der Waals surface area contributed by atoms with Gasteiger partial charge in [0, 0.05) is 12.6 Å². The molecule has 0 atom stereocenters. The van der Waals surface area contributed by atoms with Gasteiger partial charge in [0.25, 0.3) is 0 Å². The number of anilines is 1. The third kappa shape index (κ3) is 2.24. The largest absolute Gasteiger partial charge is 0.496 e. The van der Waals surface area contributed by atoms with Gasteiger partial charge in [-0.3, -0.25) is 0 Å². The third-order valence-electron chi connectivity index (χ3n) is 2.42. The molecule has 0 fully saturated rings. The summed E-state index contributed by atoms with van der Waals surface area (Å²) in [6.07, 6.45) is 0. The summed E-state index contributed by atoms with van der Waals surface area (Å²) in [5.41, 5.74) is 1.60. The van der Waals surface area contributed by atoms with Crippen LogP contribution in [0.1, 0.15) is 5.69 Å². The van der Waals surface area contributed by atoms with Gasteiger partial charge in [-0.2, -0.15) is 0 Å². The summed E-state index contributed by atoms with van der Waals surface area (Å²) < 4.78 is 18.5. The molecule has 3 nitrogen and oxygen atoms in total. The number of hydrogen-bond acceptors (Lipinski definition) is 4. The van der Waals surface area contributed by atoms with Crippen molar-refractivity contribution in [2.75, 3.05) is 19.5 Å². The van der Waals surface area contributed by atoms with Crippen LogP contribution in [0.25, 0.3) is 10.4 Å². The molecule has 0 saturated heterocycles. The molecule has 0 radical (unpaired) electrons. The van der Waals surface area contributed by atoms with Gasteiger partial charge in [0.15, 0.2) is 5.13 Å². The van der Waals surface area contributed by atoms with Crippen LogP contribution in [0.4, 0.5) is 9.52 Å². The molecule has 1 heterocycles. The normalized spacial score (nSPS) is 10.4. The van der Waals surface area contributed by atoms with Crippen molar-refractivity contribution in [1.82, 2.24) is 4.98 Å². The van der Waals surface area contributed by atoms with Crippen LogP contribution in [-0.4, -0.2) is 19.1 Å². The van der Waals surface area contributed by atoms with E-state index in [4.69, 9.17) is 4.74 Å². The van der Waals surface area contributed by atoms with Crippen molar-refractivity contribution < 1.29 is 9.13 Å². The number of rotatable bonds is 3. The second-order valence-electron chi connectivity index (χ2n) is 3.53. The van der Waals surface area contributed by atoms with Gasteiger partial charge in [-0.1, -0.05) is 11.3 Å². The van der Waals surface area contributed by atoms with Crippen LogP contribution in [0.2, 0.25) is 0 Å². The molecule has 0 aliphatic carbocycles. The van der Waals surface area contributed by atoms with E-state index in [2.05, 4.69) is 10.3 Å². The fourth-order valence-corrected chi connectivity index (χ4v) is 2.55. The molecule has 0 bridgehead atoms. The predicted molar refractivity (Wildman–Crippen MR) is 68.3 cm³/mol. The van der Waals surface area contributed by atoms with Gasteiger partial charge >= 0.3 is 0 Å². The van der Waals surface area contributed by atoms with Crippen molar-refractivity contribution in [3.8, 4) is 16.2 Å². The highest BCUT2D eigenvalue weighted by molar-refractivity contribution is 7.19. The summed E-state index contributed by atoms with van der Waals surface area (Å²) in [6, 6.07) is 4.49. The summed E-state index contributed by atoms with van der Waals surface area (Å²) in [7, 11) is 3.39. The van der Waals surface area contributed by atoms with Gasteiger partial charge in [-0.05, 0) is 25.1 Å². The molecule has 0 spiro atoms. The van der Waals surface area contributed by atoms with E-state index in [1.54, 1.807) is 13.2 Å². The second kappa shape index (κ2) is 4.71. The number of aromatic nitrogens is 1. The molecule has 1 aromatic carbocycles. The van der Waals surface area contributed by atoms with Crippen LogP contribution < -0.4 is 10.1 Å². The van der Waals surface area contributed by atoms with Crippen LogP contribution in [0, 0.1) is 12.7 Å². The number of halogens is 1. The molecule has 90 valence electrons. The maximum atomic E-state index is 13.3. The zero-order valence-electron chi connectivity index (χ0n) is 9.87. The van der Waals surface area contributed by atoms with Crippen molar-refractivity contribution in [2.24, 2.45) is 0 Å². The monoisotopic (exact) mass is 252 g/mol. The van der Waals surface area contributed by atoms with E-state index >= 15 is 0 Å². The molecule has 2 aromatic rings. The van der Waals surface area contributed by atoms with Gasteiger partial charge in [0.05, 0.1) is 17.7 Å². The fourth-order valence-electron chi connectivity index (χ4n) is 1.61. The van der Waals surface area contributed by atoms with Crippen molar-refractivity contribution >= 4 is 16.5 Å². The predicted octanol–water partition coefficient (Wildman–Crippen LogP) is 3.31. The first-order chi connectivity index (χ1) is 8.15. The minimum absolute atomic E-state index is 0.278. The topological polar surface area (TPSA) is 34.2 Å². The lowest BCUT2D eigenvalue weighted by Gasteiger charge is -2.06. The number of nitrogens with one attached hydrogen (secondary N) is 1. The zero-order chi connectivity index (χ0) is 12.4. The number of nitrogens with zero attached hydrogens (tertiary/aromatic N) is 1. The molecule has 0 amide bonds. The van der Waals surface area contributed by atoms with Crippen molar-refractivity contribution in [2.45, 2.75) is 6.92 Å². The molecular formula is C12H13FN2OS. The van der Waals surface area contributed by atoms with Gasteiger partial charge in [0.2, 0.25) is 0 Å². The highest BCUT2D eigenvalue weighted by Crippen LogP contribution is 2.38. The number of hydrogen-bond donors (Lipinski definition) is 1. The number of methoxy groups -OCH3 is 1. The first-order valence-electron chi connectivity index (χ1n) is 5.14. The Morgan fingerprint density at radius 2 is 2.18 bits per heavy atom. The zero-order valence-corrected chi connectivity index (χ0v) is 10.7. The van der Waals surface area contributed by atoms with Gasteiger partial charge in [-0.15, -0.1) is 0 Å². The van der Waals surface area contributed by atoms with E-state index in [0.717, 1.165) is 21.3 Å². The first kappa shape index (κ1) is 11.9. The Bertz CT molecular complexity index is 539. The van der Waals surface area contributed by atoms with Gasteiger partial charge in [0.1, 0.15) is 11.6 Å². The first-order valence-corrected chi connectivity index (χ1v) is 5.96. The average molecular weight is 252 g/mol. The smallest absolute Gasteiger partial charge is 0.183 e. The number of aryl methyl sites for hydroxylation is 1. The summed E-state index contributed by atoms with van der Waals surface area (Å²) in [6.45, 7) is 1.90. The lowest BCUT2D eigenvalue weighted by molar-refractivity contribution is 0.415. The SMILES string of the molecule is CNc1nc(C)c(-c2cc(F)ccc2OC)s1. The van der Waals surface area contributed by atoms with Crippen LogP contribution >= 0.6 is 11.3 Å². The lowest BCUT2D eigenvalue weighted by Crippen LogP contribution is -1.89. The maximum Gasteiger partial charge on any atom is 0.183 e. The van der Waals surface area contributed by atoms with E-state index in [9.17, 15) is 4.39 Å². The van der Waals surface area contributed by atoms with Gasteiger partial charge in [-0.25, -0.2) is 9.37 Å². The molecule has 2 rings (SSSR count). The Hall–Kier alpha value is -1.62. The van der Waals surface area contributed by atoms with Crippen molar-refractivity contribution in [3.63, 3.8) is 0 Å². The van der Waals surface area contributed by atoms with E-state index < -0.39 is 0 Å². The molecule has 1 N–H and O–H groups in total. The molecule has 5 heteroatoms. The molecular weight excluding hydrogens is 239 g/mol. The Morgan fingerprint density at radius 1 is 1.41 bits per heavy atom. The van der Waals surface area contributed by atoms with Gasteiger partial charge < -0.3 is 10.1 Å². The van der Waals surface area contributed by atoms with E-state index in [-0.39, 0.29) is 5.82 Å². The molecule has 1 aromatic heterocycles. The van der Waals surface area contributed by atoms with Crippen molar-refractivity contribution in [3.05, 3.63) is 29.7 Å². The maximum absolute atomic E-state index is 13.3. The van der Waals surface area contributed by atoms with Crippen LogP contribution in [-0.2, 0) is 0 Å². The summed E-state index contributed by atoms with van der Waals surface area (Å²) >= 11 is 1.48. The minimum Gasteiger partial charge on any atom is -0.496 e. The standard InChI is InChI=1S/C12H13FN2OS/c1-7-11(17-12(14-2)15-7)9-6-8(13)4-5-10(9)16-3/h4-6H,1-3H3,(H,14,15). The summed E-state index contributed by atoms with van der Waals surface area (Å²) in [4.78, 5) is 5.26. The average Bonchev–Trinajstić information content (AvgIpc) is 2.70. The number of ether oxygens (including phenoxy) is 1. The number of thiazole rings is 1. The molecule has 0 saturated carbocycles. The second-order valence-corrected chi connectivity index (χ2v) is 4.53. The quantitative estimate of drug-likeness (QED) is 0.910. The Morgan fingerprint density at radius 3 is 2.76 bits per heavy atom. The van der Waals surface area contributed by atoms with Crippen LogP contribution in [0.5, 0.6) is 5.75 Å². The highest BCUT2D eigenvalue weighted by Gasteiger charge is 2.14. The van der Waals surface area contributed by atoms with Crippen molar-refractivity contribution in [1.29, 1.82) is 0 Å². The molecule has 0 aliphatic rings. The molecule has 17 heavy (non-hydrogen) atoms. The minimum atomic E-state index is -0.278. The van der Waals surface area contributed by atoms with E-state index in [0.29, 0.717) is 5.75 Å². The third-order valence-corrected chi connectivity index (χ3v) is 3.62. The fraction of sp³-hybridized carbons (Fsp3) is 0.250. The lowest BCUT2D eigenvalue weighted by atomic mass is 10.1. The van der Waals surface area contributed by atoms with Crippen LogP contribution in [0.3, 0.4) is 0 Å². The molecule has 0 unspecified atom stereocenters. The number of benzene rings is 1. The Balaban J connectivity index is 2.58. The Labute approximate surface area is 103 Å². The van der Waals surface area contributed by atoms with Crippen LogP contribution in [0.15, 0.2) is 18.2 Å². The van der Waals surface area contributed by atoms with E-state index in [1.165, 1.54) is 23.5 Å². The molecule has 0 aliphatic heterocycles. The highest BCUT2D eigenvalue weighted by atomic mass is 32.1. The summed E-state index contributed by atoms with van der Waals surface area (Å²) in [5, 5.41) is 3.79. The Kier molecular flexibility index (Phi) is 3.28. The summed E-state index contributed by atoms with van der Waals surface area (Å²) in [5.74, 6) is 0.375. The van der Waals surface area contributed by atoms with E-state index in [1.807, 2.05) is 14.0 Å².